The van der Waals surface area contributed by atoms with Gasteiger partial charge < -0.3 is 4.90 Å². The maximum atomic E-state index is 12.7. The molecule has 1 atom stereocenters. The number of hydrogen-bond donors (Lipinski definition) is 0. The normalized spacial score (nSPS) is 17.2. The molecule has 2 aromatic rings. The summed E-state index contributed by atoms with van der Waals surface area (Å²) in [5, 5.41) is 4.47. The molecule has 134 valence electrons. The van der Waals surface area contributed by atoms with Gasteiger partial charge in [0, 0.05) is 31.5 Å². The van der Waals surface area contributed by atoms with Crippen molar-refractivity contribution in [3.63, 3.8) is 0 Å². The van der Waals surface area contributed by atoms with Gasteiger partial charge in [0.15, 0.2) is 0 Å². The van der Waals surface area contributed by atoms with Crippen LogP contribution in [0.5, 0.6) is 0 Å². The molecule has 1 aliphatic heterocycles. The number of likely N-dealkylation sites (tertiary alicyclic amines) is 1. The highest BCUT2D eigenvalue weighted by atomic mass is 16.2. The molecule has 2 aromatic heterocycles. The van der Waals surface area contributed by atoms with Crippen molar-refractivity contribution in [2.75, 3.05) is 6.54 Å². The zero-order valence-electron chi connectivity index (χ0n) is 14.8. The highest BCUT2D eigenvalue weighted by molar-refractivity contribution is 5.76. The zero-order valence-corrected chi connectivity index (χ0v) is 14.8. The first kappa shape index (κ1) is 17.2. The van der Waals surface area contributed by atoms with Gasteiger partial charge in [-0.15, -0.1) is 0 Å². The smallest absolute Gasteiger partial charge is 0.331 e. The van der Waals surface area contributed by atoms with Crippen LogP contribution >= 0.6 is 0 Å². The van der Waals surface area contributed by atoms with Crippen molar-refractivity contribution in [2.45, 2.75) is 45.8 Å². The second kappa shape index (κ2) is 6.70. The monoisotopic (exact) mass is 345 g/mol. The minimum atomic E-state index is -0.477. The Kier molecular flexibility index (Phi) is 4.61. The molecule has 0 aliphatic carbocycles. The van der Waals surface area contributed by atoms with Gasteiger partial charge in [0.05, 0.1) is 18.3 Å². The van der Waals surface area contributed by atoms with E-state index in [0.29, 0.717) is 13.1 Å². The van der Waals surface area contributed by atoms with Crippen molar-refractivity contribution in [1.29, 1.82) is 0 Å². The van der Waals surface area contributed by atoms with E-state index in [1.54, 1.807) is 0 Å². The van der Waals surface area contributed by atoms with Crippen LogP contribution < -0.4 is 11.2 Å². The van der Waals surface area contributed by atoms with Crippen molar-refractivity contribution in [3.05, 3.63) is 50.6 Å². The third-order valence-corrected chi connectivity index (χ3v) is 4.75. The summed E-state index contributed by atoms with van der Waals surface area (Å²) in [6, 6.07) is 3.39. The van der Waals surface area contributed by atoms with Crippen LogP contribution in [0.25, 0.3) is 0 Å². The van der Waals surface area contributed by atoms with E-state index in [9.17, 15) is 14.4 Å². The predicted octanol–water partition coefficient (Wildman–Crippen LogP) is 0.0515. The first-order chi connectivity index (χ1) is 11.9. The van der Waals surface area contributed by atoms with Gasteiger partial charge in [-0.2, -0.15) is 5.10 Å². The summed E-state index contributed by atoms with van der Waals surface area (Å²) in [7, 11) is 1.41. The van der Waals surface area contributed by atoms with E-state index in [1.165, 1.54) is 23.9 Å². The van der Waals surface area contributed by atoms with Gasteiger partial charge in [0.1, 0.15) is 6.54 Å². The molecule has 0 unspecified atom stereocenters. The van der Waals surface area contributed by atoms with Crippen molar-refractivity contribution in [1.82, 2.24) is 23.8 Å². The van der Waals surface area contributed by atoms with Crippen LogP contribution in [0.4, 0.5) is 0 Å². The van der Waals surface area contributed by atoms with Crippen LogP contribution in [0.2, 0.25) is 0 Å². The van der Waals surface area contributed by atoms with Crippen LogP contribution in [-0.4, -0.2) is 42.3 Å². The highest BCUT2D eigenvalue weighted by Gasteiger charge is 2.29. The van der Waals surface area contributed by atoms with Gasteiger partial charge in [0.25, 0.3) is 5.56 Å². The number of aryl methyl sites for hydroxylation is 2. The van der Waals surface area contributed by atoms with Crippen LogP contribution in [0.15, 0.2) is 27.9 Å². The Morgan fingerprint density at radius 3 is 2.76 bits per heavy atom. The fourth-order valence-corrected chi connectivity index (χ4v) is 3.39. The standard InChI is InChI=1S/C17H23N5O3/c1-12-9-13(2)22(18-12)10-14-5-4-7-21(14)16(24)11-20-8-6-15(23)19(3)17(20)25/h6,8-9,14H,4-5,7,10-11H2,1-3H3/t14-/m1/s1. The molecule has 25 heavy (non-hydrogen) atoms. The van der Waals surface area contributed by atoms with Crippen molar-refractivity contribution >= 4 is 5.91 Å². The van der Waals surface area contributed by atoms with E-state index in [-0.39, 0.29) is 24.1 Å². The summed E-state index contributed by atoms with van der Waals surface area (Å²) in [5.74, 6) is -0.107. The minimum Gasteiger partial charge on any atom is -0.336 e. The van der Waals surface area contributed by atoms with E-state index >= 15 is 0 Å². The molecule has 1 amide bonds. The average Bonchev–Trinajstić information content (AvgIpc) is 3.15. The number of hydrogen-bond acceptors (Lipinski definition) is 4. The number of carbonyl (C=O) groups excluding carboxylic acids is 1. The zero-order chi connectivity index (χ0) is 18.1. The van der Waals surface area contributed by atoms with Gasteiger partial charge >= 0.3 is 5.69 Å². The summed E-state index contributed by atoms with van der Waals surface area (Å²) in [6.07, 6.45) is 3.25. The van der Waals surface area contributed by atoms with E-state index in [2.05, 4.69) is 5.10 Å². The Morgan fingerprint density at radius 1 is 1.32 bits per heavy atom. The van der Waals surface area contributed by atoms with E-state index in [1.807, 2.05) is 29.5 Å². The number of carbonyl (C=O) groups is 1. The number of amides is 1. The quantitative estimate of drug-likeness (QED) is 0.784. The molecular weight excluding hydrogens is 322 g/mol. The lowest BCUT2D eigenvalue weighted by Gasteiger charge is -2.25. The van der Waals surface area contributed by atoms with Crippen molar-refractivity contribution < 1.29 is 4.79 Å². The van der Waals surface area contributed by atoms with E-state index < -0.39 is 5.69 Å². The summed E-state index contributed by atoms with van der Waals surface area (Å²) in [5.41, 5.74) is 1.18. The maximum Gasteiger partial charge on any atom is 0.331 e. The molecule has 3 rings (SSSR count). The third-order valence-electron chi connectivity index (χ3n) is 4.75. The summed E-state index contributed by atoms with van der Waals surface area (Å²) in [4.78, 5) is 38.1. The van der Waals surface area contributed by atoms with Crippen LogP contribution in [0.3, 0.4) is 0 Å². The van der Waals surface area contributed by atoms with Gasteiger partial charge in [0.2, 0.25) is 5.91 Å². The molecule has 0 spiro atoms. The topological polar surface area (TPSA) is 82.1 Å². The average molecular weight is 345 g/mol. The minimum absolute atomic E-state index is 0.0550. The first-order valence-corrected chi connectivity index (χ1v) is 8.44. The van der Waals surface area contributed by atoms with E-state index in [4.69, 9.17) is 0 Å². The molecule has 1 aliphatic rings. The van der Waals surface area contributed by atoms with Gasteiger partial charge in [-0.1, -0.05) is 0 Å². The summed E-state index contributed by atoms with van der Waals surface area (Å²) in [6.45, 7) is 5.25. The number of aromatic nitrogens is 4. The summed E-state index contributed by atoms with van der Waals surface area (Å²) < 4.78 is 4.22. The Labute approximate surface area is 145 Å². The molecule has 1 saturated heterocycles. The molecular formula is C17H23N5O3. The largest absolute Gasteiger partial charge is 0.336 e. The fourth-order valence-electron chi connectivity index (χ4n) is 3.39. The Morgan fingerprint density at radius 2 is 2.08 bits per heavy atom. The molecule has 3 heterocycles. The number of nitrogens with zero attached hydrogens (tertiary/aromatic N) is 5. The SMILES string of the molecule is Cc1cc(C)n(C[C@H]2CCCN2C(=O)Cn2ccc(=O)n(C)c2=O)n1. The Balaban J connectivity index is 1.75. The maximum absolute atomic E-state index is 12.7. The van der Waals surface area contributed by atoms with Gasteiger partial charge in [-0.25, -0.2) is 4.79 Å². The molecule has 1 fully saturated rings. The van der Waals surface area contributed by atoms with Gasteiger partial charge in [-0.05, 0) is 32.8 Å². The molecule has 0 aromatic carbocycles. The molecule has 8 heteroatoms. The Bertz CT molecular complexity index is 908. The molecule has 0 bridgehead atoms. The second-order valence-corrected chi connectivity index (χ2v) is 6.62. The van der Waals surface area contributed by atoms with Crippen molar-refractivity contribution in [2.24, 2.45) is 7.05 Å². The molecule has 0 radical (unpaired) electrons. The fraction of sp³-hybridized carbons (Fsp3) is 0.529. The first-order valence-electron chi connectivity index (χ1n) is 8.44. The van der Waals surface area contributed by atoms with Gasteiger partial charge in [-0.3, -0.25) is 23.4 Å². The van der Waals surface area contributed by atoms with E-state index in [0.717, 1.165) is 28.8 Å². The molecule has 0 N–H and O–H groups in total. The van der Waals surface area contributed by atoms with Crippen LogP contribution in [0.1, 0.15) is 24.2 Å². The number of rotatable bonds is 4. The lowest BCUT2D eigenvalue weighted by Crippen LogP contribution is -2.44. The van der Waals surface area contributed by atoms with Crippen LogP contribution in [0, 0.1) is 13.8 Å². The second-order valence-electron chi connectivity index (χ2n) is 6.62. The van der Waals surface area contributed by atoms with Crippen LogP contribution in [-0.2, 0) is 24.9 Å². The molecule has 0 saturated carbocycles. The Hall–Kier alpha value is -2.64. The predicted molar refractivity (Wildman–Crippen MR) is 92.4 cm³/mol. The molecule has 8 nitrogen and oxygen atoms in total. The lowest BCUT2D eigenvalue weighted by molar-refractivity contribution is -0.133. The highest BCUT2D eigenvalue weighted by Crippen LogP contribution is 2.20. The summed E-state index contributed by atoms with van der Waals surface area (Å²) >= 11 is 0. The third kappa shape index (κ3) is 3.42. The van der Waals surface area contributed by atoms with Crippen molar-refractivity contribution in [3.8, 4) is 0 Å². The lowest BCUT2D eigenvalue weighted by atomic mass is 10.2.